The molecule has 0 bridgehead atoms. The summed E-state index contributed by atoms with van der Waals surface area (Å²) >= 11 is 6.20. The molecule has 0 radical (unpaired) electrons. The third-order valence-electron chi connectivity index (χ3n) is 4.68. The Morgan fingerprint density at radius 3 is 2.44 bits per heavy atom. The molecular formula is C23H18ClF3N4O. The molecular weight excluding hydrogens is 441 g/mol. The number of pyridine rings is 1. The van der Waals surface area contributed by atoms with Crippen LogP contribution in [0, 0.1) is 6.92 Å². The monoisotopic (exact) mass is 458 g/mol. The lowest BCUT2D eigenvalue weighted by Crippen LogP contribution is -2.12. The molecule has 2 aromatic carbocycles. The maximum Gasteiger partial charge on any atom is 0.435 e. The highest BCUT2D eigenvalue weighted by Crippen LogP contribution is 2.34. The number of nitrogens with zero attached hydrogens (tertiary/aromatic N) is 3. The number of amides is 1. The van der Waals surface area contributed by atoms with Crippen LogP contribution in [0.5, 0.6) is 0 Å². The summed E-state index contributed by atoms with van der Waals surface area (Å²) in [6, 6.07) is 17.1. The molecule has 0 aliphatic heterocycles. The number of nitrogens with one attached hydrogen (secondary N) is 1. The smallest absolute Gasteiger partial charge is 0.307 e. The van der Waals surface area contributed by atoms with Crippen molar-refractivity contribution in [3.63, 3.8) is 0 Å². The SMILES string of the molecule is Cc1ccnc(NC(=O)c2ccc(-c3cc(C(F)(F)F)nn3-c3ccccc3Cl)cc2)c1.[HH]. The largest absolute Gasteiger partial charge is 0.435 e. The first-order chi connectivity index (χ1) is 15.2. The molecule has 2 aromatic heterocycles. The maximum atomic E-state index is 13.4. The molecule has 0 spiro atoms. The van der Waals surface area contributed by atoms with Gasteiger partial charge < -0.3 is 5.32 Å². The topological polar surface area (TPSA) is 59.8 Å². The second-order valence-corrected chi connectivity index (χ2v) is 7.43. The number of anilines is 1. The zero-order valence-electron chi connectivity index (χ0n) is 16.7. The van der Waals surface area contributed by atoms with Gasteiger partial charge in [-0.1, -0.05) is 35.9 Å². The van der Waals surface area contributed by atoms with Gasteiger partial charge in [-0.3, -0.25) is 4.79 Å². The first-order valence-electron chi connectivity index (χ1n) is 9.49. The highest BCUT2D eigenvalue weighted by atomic mass is 35.5. The molecule has 32 heavy (non-hydrogen) atoms. The summed E-state index contributed by atoms with van der Waals surface area (Å²) in [6.45, 7) is 1.88. The Labute approximate surface area is 188 Å². The van der Waals surface area contributed by atoms with Crippen LogP contribution in [0.15, 0.2) is 72.9 Å². The van der Waals surface area contributed by atoms with Crippen molar-refractivity contribution in [3.05, 3.63) is 94.8 Å². The van der Waals surface area contributed by atoms with E-state index in [0.717, 1.165) is 16.3 Å². The van der Waals surface area contributed by atoms with Crippen LogP contribution in [0.2, 0.25) is 5.02 Å². The van der Waals surface area contributed by atoms with Gasteiger partial charge in [0.2, 0.25) is 0 Å². The maximum absolute atomic E-state index is 13.4. The Bertz CT molecular complexity index is 1290. The Kier molecular flexibility index (Phi) is 5.71. The Balaban J connectivity index is 0.00000306. The number of carbonyl (C=O) groups is 1. The van der Waals surface area contributed by atoms with Gasteiger partial charge in [-0.2, -0.15) is 18.3 Å². The van der Waals surface area contributed by atoms with Gasteiger partial charge in [0.1, 0.15) is 5.82 Å². The molecule has 0 atom stereocenters. The minimum Gasteiger partial charge on any atom is -0.307 e. The summed E-state index contributed by atoms with van der Waals surface area (Å²) < 4.78 is 41.2. The van der Waals surface area contributed by atoms with E-state index in [1.807, 2.05) is 13.0 Å². The summed E-state index contributed by atoms with van der Waals surface area (Å²) in [5.74, 6) is 0.0240. The number of hydrogen-bond donors (Lipinski definition) is 1. The van der Waals surface area contributed by atoms with E-state index in [2.05, 4.69) is 15.4 Å². The van der Waals surface area contributed by atoms with Crippen molar-refractivity contribution in [1.82, 2.24) is 14.8 Å². The molecule has 0 aliphatic rings. The van der Waals surface area contributed by atoms with Gasteiger partial charge in [0.25, 0.3) is 5.91 Å². The standard InChI is InChI=1S/C23H16ClF3N4O.H2/c1-14-10-11-28-21(12-14)29-22(32)16-8-6-15(7-9-16)19-13-20(23(25,26)27)30-31(19)18-5-3-2-4-17(18)24;/h2-13H,1H3,(H,28,29,32);1H. The van der Waals surface area contributed by atoms with E-state index in [-0.39, 0.29) is 18.1 Å². The first kappa shape index (κ1) is 21.6. The van der Waals surface area contributed by atoms with Gasteiger partial charge in [0.05, 0.1) is 16.4 Å². The van der Waals surface area contributed by atoms with E-state index in [1.165, 1.54) is 12.1 Å². The molecule has 0 saturated heterocycles. The minimum atomic E-state index is -4.62. The van der Waals surface area contributed by atoms with Crippen LogP contribution >= 0.6 is 11.6 Å². The summed E-state index contributed by atoms with van der Waals surface area (Å²) in [4.78, 5) is 16.6. The van der Waals surface area contributed by atoms with Gasteiger partial charge in [0.15, 0.2) is 5.69 Å². The lowest BCUT2D eigenvalue weighted by molar-refractivity contribution is -0.141. The molecule has 1 amide bonds. The van der Waals surface area contributed by atoms with Gasteiger partial charge in [0, 0.05) is 18.8 Å². The van der Waals surface area contributed by atoms with Crippen LogP contribution in [0.25, 0.3) is 16.9 Å². The molecule has 0 fully saturated rings. The van der Waals surface area contributed by atoms with Crippen LogP contribution in [0.4, 0.5) is 19.0 Å². The number of carbonyl (C=O) groups excluding carboxylic acids is 1. The lowest BCUT2D eigenvalue weighted by atomic mass is 10.1. The van der Waals surface area contributed by atoms with Crippen molar-refractivity contribution in [2.45, 2.75) is 13.1 Å². The average molecular weight is 459 g/mol. The molecule has 0 aliphatic carbocycles. The van der Waals surface area contributed by atoms with E-state index in [4.69, 9.17) is 11.6 Å². The van der Waals surface area contributed by atoms with Crippen LogP contribution in [0.3, 0.4) is 0 Å². The van der Waals surface area contributed by atoms with Gasteiger partial charge in [-0.25, -0.2) is 9.67 Å². The van der Waals surface area contributed by atoms with Crippen LogP contribution < -0.4 is 5.32 Å². The Morgan fingerprint density at radius 2 is 1.78 bits per heavy atom. The number of para-hydroxylation sites is 1. The highest BCUT2D eigenvalue weighted by Gasteiger charge is 2.35. The van der Waals surface area contributed by atoms with Gasteiger partial charge in [-0.15, -0.1) is 0 Å². The molecule has 0 saturated carbocycles. The van der Waals surface area contributed by atoms with E-state index >= 15 is 0 Å². The lowest BCUT2D eigenvalue weighted by Gasteiger charge is -2.10. The number of benzene rings is 2. The summed E-state index contributed by atoms with van der Waals surface area (Å²) in [6.07, 6.45) is -3.04. The van der Waals surface area contributed by atoms with E-state index in [0.29, 0.717) is 22.6 Å². The summed E-state index contributed by atoms with van der Waals surface area (Å²) in [5.41, 5.74) is 1.18. The predicted molar refractivity (Wildman–Crippen MR) is 118 cm³/mol. The zero-order valence-corrected chi connectivity index (χ0v) is 17.4. The van der Waals surface area contributed by atoms with Gasteiger partial charge >= 0.3 is 6.18 Å². The van der Waals surface area contributed by atoms with Crippen molar-refractivity contribution >= 4 is 23.3 Å². The number of alkyl halides is 3. The molecule has 4 rings (SSSR count). The number of halogens is 4. The molecule has 2 heterocycles. The fourth-order valence-corrected chi connectivity index (χ4v) is 3.33. The quantitative estimate of drug-likeness (QED) is 0.384. The zero-order chi connectivity index (χ0) is 22.9. The number of hydrogen-bond acceptors (Lipinski definition) is 3. The summed E-state index contributed by atoms with van der Waals surface area (Å²) in [5, 5.41) is 6.68. The van der Waals surface area contributed by atoms with Crippen molar-refractivity contribution in [3.8, 4) is 16.9 Å². The second kappa shape index (κ2) is 8.47. The van der Waals surface area contributed by atoms with Crippen LogP contribution in [-0.2, 0) is 6.18 Å². The number of aryl methyl sites for hydroxylation is 1. The van der Waals surface area contributed by atoms with Crippen molar-refractivity contribution in [2.75, 3.05) is 5.32 Å². The first-order valence-corrected chi connectivity index (χ1v) is 9.87. The summed E-state index contributed by atoms with van der Waals surface area (Å²) in [7, 11) is 0. The normalized spacial score (nSPS) is 11.4. The average Bonchev–Trinajstić information content (AvgIpc) is 3.20. The Hall–Kier alpha value is -3.65. The third-order valence-corrected chi connectivity index (χ3v) is 5.00. The van der Waals surface area contributed by atoms with Crippen molar-refractivity contribution < 1.29 is 19.4 Å². The van der Waals surface area contributed by atoms with Crippen LogP contribution in [0.1, 0.15) is 23.0 Å². The molecule has 1 N–H and O–H groups in total. The van der Waals surface area contributed by atoms with Crippen molar-refractivity contribution in [1.29, 1.82) is 0 Å². The van der Waals surface area contributed by atoms with E-state index in [1.54, 1.807) is 48.7 Å². The molecule has 164 valence electrons. The molecule has 4 aromatic rings. The fourth-order valence-electron chi connectivity index (χ4n) is 3.12. The minimum absolute atomic E-state index is 0. The molecule has 9 heteroatoms. The third kappa shape index (κ3) is 4.50. The fraction of sp³-hybridized carbons (Fsp3) is 0.0870. The molecule has 0 unspecified atom stereocenters. The van der Waals surface area contributed by atoms with Crippen LogP contribution in [-0.4, -0.2) is 20.7 Å². The van der Waals surface area contributed by atoms with Crippen molar-refractivity contribution in [2.24, 2.45) is 0 Å². The highest BCUT2D eigenvalue weighted by molar-refractivity contribution is 6.32. The Morgan fingerprint density at radius 1 is 1.06 bits per heavy atom. The van der Waals surface area contributed by atoms with E-state index < -0.39 is 11.9 Å². The predicted octanol–water partition coefficient (Wildman–Crippen LogP) is 6.41. The van der Waals surface area contributed by atoms with Gasteiger partial charge in [-0.05, 0) is 55.0 Å². The molecule has 5 nitrogen and oxygen atoms in total. The number of rotatable bonds is 4. The van der Waals surface area contributed by atoms with E-state index in [9.17, 15) is 18.0 Å². The second-order valence-electron chi connectivity index (χ2n) is 7.03. The number of aromatic nitrogens is 3.